The summed E-state index contributed by atoms with van der Waals surface area (Å²) in [6.07, 6.45) is 3.80. The van der Waals surface area contributed by atoms with Gasteiger partial charge in [-0.25, -0.2) is 0 Å². The fourth-order valence-corrected chi connectivity index (χ4v) is 3.75. The lowest BCUT2D eigenvalue weighted by atomic mass is 10.1. The zero-order valence-electron chi connectivity index (χ0n) is 16.5. The number of nitriles is 1. The molecule has 0 radical (unpaired) electrons. The topological polar surface area (TPSA) is 66.4 Å². The zero-order chi connectivity index (χ0) is 19.4. The lowest BCUT2D eigenvalue weighted by molar-refractivity contribution is -0.917. The van der Waals surface area contributed by atoms with Crippen molar-refractivity contribution in [1.29, 1.82) is 5.26 Å². The summed E-state index contributed by atoms with van der Waals surface area (Å²) in [7, 11) is 2.06. The summed E-state index contributed by atoms with van der Waals surface area (Å²) in [5.41, 5.74) is 3.89. The van der Waals surface area contributed by atoms with Crippen LogP contribution in [0.15, 0.2) is 29.1 Å². The van der Waals surface area contributed by atoms with Gasteiger partial charge in [0.15, 0.2) is 6.67 Å². The second-order valence-electron chi connectivity index (χ2n) is 7.47. The summed E-state index contributed by atoms with van der Waals surface area (Å²) in [5, 5.41) is 13.7. The van der Waals surface area contributed by atoms with Gasteiger partial charge in [-0.05, 0) is 44.7 Å². The van der Waals surface area contributed by atoms with Crippen molar-refractivity contribution in [3.05, 3.63) is 57.0 Å². The van der Waals surface area contributed by atoms with E-state index in [0.717, 1.165) is 30.2 Å². The van der Waals surface area contributed by atoms with Gasteiger partial charge in [0.1, 0.15) is 18.2 Å². The Morgan fingerprint density at radius 2 is 1.89 bits per heavy atom. The van der Waals surface area contributed by atoms with Gasteiger partial charge < -0.3 is 9.80 Å². The Balaban J connectivity index is 1.80. The Kier molecular flexibility index (Phi) is 5.92. The highest BCUT2D eigenvalue weighted by Gasteiger charge is 2.18. The van der Waals surface area contributed by atoms with E-state index in [1.54, 1.807) is 6.92 Å². The largest absolute Gasteiger partial charge is 0.371 e. The predicted molar refractivity (Wildman–Crippen MR) is 106 cm³/mol. The van der Waals surface area contributed by atoms with E-state index in [0.29, 0.717) is 12.2 Å². The van der Waals surface area contributed by atoms with Crippen molar-refractivity contribution in [2.75, 3.05) is 25.0 Å². The Bertz CT molecular complexity index is 906. The molecule has 27 heavy (non-hydrogen) atoms. The molecule has 0 spiro atoms. The van der Waals surface area contributed by atoms with E-state index in [1.165, 1.54) is 35.2 Å². The van der Waals surface area contributed by atoms with Crippen molar-refractivity contribution in [3.8, 4) is 6.07 Å². The van der Waals surface area contributed by atoms with Gasteiger partial charge in [-0.15, -0.1) is 0 Å². The molecule has 6 heteroatoms. The Morgan fingerprint density at radius 3 is 2.59 bits per heavy atom. The molecule has 1 unspecified atom stereocenters. The first-order chi connectivity index (χ1) is 13.0. The van der Waals surface area contributed by atoms with Crippen LogP contribution in [-0.4, -0.2) is 29.9 Å². The van der Waals surface area contributed by atoms with Crippen molar-refractivity contribution >= 4 is 5.69 Å². The molecule has 1 aliphatic rings. The highest BCUT2D eigenvalue weighted by atomic mass is 16.1. The van der Waals surface area contributed by atoms with Crippen LogP contribution >= 0.6 is 0 Å². The van der Waals surface area contributed by atoms with E-state index in [9.17, 15) is 10.1 Å². The molecule has 1 aromatic heterocycles. The average Bonchev–Trinajstić information content (AvgIpc) is 2.68. The van der Waals surface area contributed by atoms with E-state index >= 15 is 0 Å². The molecule has 6 nitrogen and oxygen atoms in total. The van der Waals surface area contributed by atoms with Crippen LogP contribution in [0.2, 0.25) is 0 Å². The molecule has 1 aliphatic heterocycles. The molecule has 0 aliphatic carbocycles. The van der Waals surface area contributed by atoms with Crippen LogP contribution in [0.5, 0.6) is 0 Å². The third-order valence-electron chi connectivity index (χ3n) is 5.35. The summed E-state index contributed by atoms with van der Waals surface area (Å²) in [5.74, 6) is 0. The first-order valence-electron chi connectivity index (χ1n) is 9.64. The third-order valence-corrected chi connectivity index (χ3v) is 5.35. The van der Waals surface area contributed by atoms with E-state index in [2.05, 4.69) is 41.3 Å². The van der Waals surface area contributed by atoms with Gasteiger partial charge in [0.2, 0.25) is 0 Å². The molecule has 1 fully saturated rings. The maximum Gasteiger partial charge on any atom is 0.289 e. The van der Waals surface area contributed by atoms with E-state index < -0.39 is 0 Å². The maximum atomic E-state index is 12.5. The number of nitrogens with zero attached hydrogens (tertiary/aromatic N) is 4. The van der Waals surface area contributed by atoms with E-state index in [4.69, 9.17) is 0 Å². The van der Waals surface area contributed by atoms with Gasteiger partial charge in [0.25, 0.3) is 5.56 Å². The molecule has 1 atom stereocenters. The van der Waals surface area contributed by atoms with Crippen LogP contribution in [0.1, 0.15) is 41.6 Å². The molecule has 0 saturated carbocycles. The van der Waals surface area contributed by atoms with Gasteiger partial charge >= 0.3 is 0 Å². The molecule has 1 saturated heterocycles. The SMILES string of the molecule is Cc1nn(C[NH+](C)Cc2ccccc2N2CCCCC2)c(=O)c(C#N)c1C. The van der Waals surface area contributed by atoms with Crippen LogP contribution in [0, 0.1) is 25.2 Å². The van der Waals surface area contributed by atoms with Crippen LogP contribution in [-0.2, 0) is 13.2 Å². The molecule has 0 amide bonds. The molecule has 142 valence electrons. The molecule has 2 heterocycles. The standard InChI is InChI=1S/C21H27N5O/c1-16-17(2)23-26(21(27)19(16)13-22)15-24(3)14-18-9-5-6-10-20(18)25-11-7-4-8-12-25/h5-6,9-10H,4,7-8,11-12,14-15H2,1-3H3/p+1. The van der Waals surface area contributed by atoms with Crippen molar-refractivity contribution < 1.29 is 4.90 Å². The number of nitrogens with one attached hydrogen (secondary N) is 1. The van der Waals surface area contributed by atoms with Crippen molar-refractivity contribution in [1.82, 2.24) is 9.78 Å². The molecule has 1 N–H and O–H groups in total. The number of anilines is 1. The van der Waals surface area contributed by atoms with E-state index in [1.807, 2.05) is 13.0 Å². The normalized spacial score (nSPS) is 15.4. The number of aryl methyl sites for hydroxylation is 1. The Morgan fingerprint density at radius 1 is 1.19 bits per heavy atom. The minimum absolute atomic E-state index is 0.198. The zero-order valence-corrected chi connectivity index (χ0v) is 16.5. The highest BCUT2D eigenvalue weighted by Crippen LogP contribution is 2.23. The van der Waals surface area contributed by atoms with Crippen LogP contribution < -0.4 is 15.4 Å². The average molecular weight is 366 g/mol. The summed E-state index contributed by atoms with van der Waals surface area (Å²) in [6, 6.07) is 10.6. The lowest BCUT2D eigenvalue weighted by Crippen LogP contribution is -3.07. The van der Waals surface area contributed by atoms with Crippen molar-refractivity contribution in [2.24, 2.45) is 0 Å². The van der Waals surface area contributed by atoms with Gasteiger partial charge in [-0.1, -0.05) is 18.2 Å². The first kappa shape index (κ1) is 19.1. The fourth-order valence-electron chi connectivity index (χ4n) is 3.75. The molecular formula is C21H28N5O+. The quantitative estimate of drug-likeness (QED) is 0.869. The predicted octanol–water partition coefficient (Wildman–Crippen LogP) is 1.39. The summed E-state index contributed by atoms with van der Waals surface area (Å²) < 4.78 is 1.43. The van der Waals surface area contributed by atoms with Gasteiger partial charge in [-0.3, -0.25) is 4.79 Å². The smallest absolute Gasteiger partial charge is 0.289 e. The summed E-state index contributed by atoms with van der Waals surface area (Å²) in [6.45, 7) is 7.07. The van der Waals surface area contributed by atoms with Crippen LogP contribution in [0.4, 0.5) is 5.69 Å². The number of benzene rings is 1. The third kappa shape index (κ3) is 4.20. The maximum absolute atomic E-state index is 12.5. The molecule has 2 aromatic rings. The second kappa shape index (κ2) is 8.36. The summed E-state index contributed by atoms with van der Waals surface area (Å²) >= 11 is 0. The number of rotatable bonds is 5. The van der Waals surface area contributed by atoms with Crippen LogP contribution in [0.25, 0.3) is 0 Å². The van der Waals surface area contributed by atoms with Gasteiger partial charge in [0.05, 0.1) is 12.7 Å². The number of quaternary nitrogens is 1. The van der Waals surface area contributed by atoms with Gasteiger partial charge in [-0.2, -0.15) is 15.0 Å². The number of hydrogen-bond donors (Lipinski definition) is 1. The monoisotopic (exact) mass is 366 g/mol. The minimum Gasteiger partial charge on any atom is -0.371 e. The number of piperidine rings is 1. The van der Waals surface area contributed by atoms with Crippen LogP contribution in [0.3, 0.4) is 0 Å². The minimum atomic E-state index is -0.302. The number of hydrogen-bond acceptors (Lipinski definition) is 4. The number of para-hydroxylation sites is 1. The van der Waals surface area contributed by atoms with Crippen molar-refractivity contribution in [2.45, 2.75) is 46.3 Å². The fraction of sp³-hybridized carbons (Fsp3) is 0.476. The second-order valence-corrected chi connectivity index (χ2v) is 7.47. The molecule has 0 bridgehead atoms. The molecular weight excluding hydrogens is 338 g/mol. The van der Waals surface area contributed by atoms with E-state index in [-0.39, 0.29) is 11.1 Å². The lowest BCUT2D eigenvalue weighted by Gasteiger charge is -2.31. The molecule has 1 aromatic carbocycles. The van der Waals surface area contributed by atoms with Gasteiger partial charge in [0, 0.05) is 24.3 Å². The number of aromatic nitrogens is 2. The molecule has 3 rings (SSSR count). The Hall–Kier alpha value is -2.65. The Labute approximate surface area is 160 Å². The summed E-state index contributed by atoms with van der Waals surface area (Å²) in [4.78, 5) is 16.2. The van der Waals surface area contributed by atoms with Crippen molar-refractivity contribution in [3.63, 3.8) is 0 Å². The highest BCUT2D eigenvalue weighted by molar-refractivity contribution is 5.53. The first-order valence-corrected chi connectivity index (χ1v) is 9.64.